The van der Waals surface area contributed by atoms with Crippen LogP contribution in [0.3, 0.4) is 0 Å². The fourth-order valence-electron chi connectivity index (χ4n) is 1.42. The fourth-order valence-corrected chi connectivity index (χ4v) is 1.42. The molecule has 0 unspecified atom stereocenters. The topological polar surface area (TPSA) is 96.7 Å². The van der Waals surface area contributed by atoms with Gasteiger partial charge in [-0.05, 0) is 19.4 Å². The first-order chi connectivity index (χ1) is 8.93. The van der Waals surface area contributed by atoms with Crippen LogP contribution in [-0.4, -0.2) is 27.6 Å². The highest BCUT2D eigenvalue weighted by Gasteiger charge is 2.35. The molecule has 1 aromatic heterocycles. The Bertz CT molecular complexity index is 410. The third kappa shape index (κ3) is 6.71. The Morgan fingerprint density at radius 2 is 1.90 bits per heavy atom. The highest BCUT2D eigenvalue weighted by molar-refractivity contribution is 5.88. The summed E-state index contributed by atoms with van der Waals surface area (Å²) in [5.41, 5.74) is 5.32. The van der Waals surface area contributed by atoms with Gasteiger partial charge in [0.2, 0.25) is 17.7 Å². The number of rotatable bonds is 7. The van der Waals surface area contributed by atoms with Gasteiger partial charge < -0.3 is 5.73 Å². The minimum absolute atomic E-state index is 0. The van der Waals surface area contributed by atoms with E-state index in [9.17, 15) is 18.0 Å². The van der Waals surface area contributed by atoms with Crippen molar-refractivity contribution < 1.29 is 18.0 Å². The van der Waals surface area contributed by atoms with Crippen LogP contribution in [0.2, 0.25) is 0 Å². The Morgan fingerprint density at radius 1 is 1.25 bits per heavy atom. The molecule has 4 N–H and O–H groups in total. The van der Waals surface area contributed by atoms with Crippen molar-refractivity contribution in [1.29, 1.82) is 0 Å². The van der Waals surface area contributed by atoms with Crippen LogP contribution in [0.15, 0.2) is 0 Å². The van der Waals surface area contributed by atoms with Crippen LogP contribution in [0.1, 0.15) is 37.9 Å². The second kappa shape index (κ2) is 8.75. The largest absolute Gasteiger partial charge is 0.451 e. The molecule has 0 atom stereocenters. The number of anilines is 1. The molecule has 0 aliphatic rings. The molecule has 116 valence electrons. The number of amides is 1. The van der Waals surface area contributed by atoms with Gasteiger partial charge in [-0.15, -0.1) is 17.5 Å². The molecule has 0 fully saturated rings. The summed E-state index contributed by atoms with van der Waals surface area (Å²) in [6, 6.07) is 0. The minimum Gasteiger partial charge on any atom is -0.330 e. The first-order valence-electron chi connectivity index (χ1n) is 5.93. The summed E-state index contributed by atoms with van der Waals surface area (Å²) in [6.07, 6.45) is -1.03. The number of nitrogens with zero attached hydrogens (tertiary/aromatic N) is 2. The van der Waals surface area contributed by atoms with E-state index in [1.165, 1.54) is 0 Å². The average molecular weight is 316 g/mol. The van der Waals surface area contributed by atoms with Gasteiger partial charge in [0, 0.05) is 6.42 Å². The van der Waals surface area contributed by atoms with Crippen molar-refractivity contribution in [3.8, 4) is 0 Å². The summed E-state index contributed by atoms with van der Waals surface area (Å²) >= 11 is 0. The smallest absolute Gasteiger partial charge is 0.330 e. The lowest BCUT2D eigenvalue weighted by Gasteiger charge is -2.01. The quantitative estimate of drug-likeness (QED) is 0.671. The SMILES string of the molecule is Cl.NCCCCCCC(=O)Nc1n[nH]c(C(F)(F)F)n1. The number of carbonyl (C=O) groups excluding carboxylic acids is 1. The van der Waals surface area contributed by atoms with E-state index in [-0.39, 0.29) is 24.8 Å². The van der Waals surface area contributed by atoms with E-state index in [1.807, 2.05) is 0 Å². The first kappa shape index (κ1) is 18.7. The van der Waals surface area contributed by atoms with Gasteiger partial charge in [0.15, 0.2) is 0 Å². The van der Waals surface area contributed by atoms with Crippen molar-refractivity contribution in [2.75, 3.05) is 11.9 Å². The number of carbonyl (C=O) groups is 1. The van der Waals surface area contributed by atoms with E-state index in [0.717, 1.165) is 19.3 Å². The molecule has 1 amide bonds. The molecule has 0 aliphatic heterocycles. The van der Waals surface area contributed by atoms with Crippen LogP contribution in [0.4, 0.5) is 19.1 Å². The number of nitrogens with two attached hydrogens (primary N) is 1. The number of aromatic nitrogens is 3. The molecule has 1 aromatic rings. The molecule has 6 nitrogen and oxygen atoms in total. The molecular formula is C10H17ClF3N5O. The summed E-state index contributed by atoms with van der Waals surface area (Å²) in [5, 5.41) is 7.20. The van der Waals surface area contributed by atoms with Gasteiger partial charge in [0.25, 0.3) is 0 Å². The second-order valence-corrected chi connectivity index (χ2v) is 4.01. The maximum atomic E-state index is 12.2. The number of hydrogen-bond acceptors (Lipinski definition) is 4. The molecule has 0 saturated carbocycles. The van der Waals surface area contributed by atoms with Gasteiger partial charge in [-0.3, -0.25) is 15.2 Å². The molecule has 0 saturated heterocycles. The van der Waals surface area contributed by atoms with Crippen LogP contribution >= 0.6 is 12.4 Å². The Balaban J connectivity index is 0.00000361. The van der Waals surface area contributed by atoms with Crippen molar-refractivity contribution in [1.82, 2.24) is 15.2 Å². The number of nitrogens with one attached hydrogen (secondary N) is 2. The lowest BCUT2D eigenvalue weighted by molar-refractivity contribution is -0.144. The first-order valence-corrected chi connectivity index (χ1v) is 5.93. The highest BCUT2D eigenvalue weighted by atomic mass is 35.5. The third-order valence-corrected chi connectivity index (χ3v) is 2.36. The number of hydrogen-bond donors (Lipinski definition) is 3. The van der Waals surface area contributed by atoms with Crippen molar-refractivity contribution in [2.24, 2.45) is 5.73 Å². The fraction of sp³-hybridized carbons (Fsp3) is 0.700. The molecule has 0 bridgehead atoms. The maximum Gasteiger partial charge on any atom is 0.451 e. The highest BCUT2D eigenvalue weighted by Crippen LogP contribution is 2.26. The maximum absolute atomic E-state index is 12.2. The van der Waals surface area contributed by atoms with Gasteiger partial charge in [0.05, 0.1) is 0 Å². The molecule has 20 heavy (non-hydrogen) atoms. The Kier molecular flexibility index (Phi) is 8.16. The van der Waals surface area contributed by atoms with Gasteiger partial charge in [-0.1, -0.05) is 12.8 Å². The van der Waals surface area contributed by atoms with Gasteiger partial charge in [-0.25, -0.2) is 0 Å². The lowest BCUT2D eigenvalue weighted by atomic mass is 10.1. The van der Waals surface area contributed by atoms with Gasteiger partial charge in [0.1, 0.15) is 0 Å². The predicted molar refractivity (Wildman–Crippen MR) is 69.4 cm³/mol. The summed E-state index contributed by atoms with van der Waals surface area (Å²) < 4.78 is 36.6. The Hall–Kier alpha value is -1.35. The van der Waals surface area contributed by atoms with Crippen molar-refractivity contribution in [3.63, 3.8) is 0 Å². The number of alkyl halides is 3. The van der Waals surface area contributed by atoms with E-state index >= 15 is 0 Å². The summed E-state index contributed by atoms with van der Waals surface area (Å²) in [5.74, 6) is -1.99. The average Bonchev–Trinajstić information content (AvgIpc) is 2.77. The van der Waals surface area contributed by atoms with Crippen LogP contribution in [0.25, 0.3) is 0 Å². The Morgan fingerprint density at radius 3 is 2.45 bits per heavy atom. The van der Waals surface area contributed by atoms with Gasteiger partial charge >= 0.3 is 6.18 Å². The molecule has 1 heterocycles. The molecule has 0 spiro atoms. The van der Waals surface area contributed by atoms with Crippen molar-refractivity contribution in [3.05, 3.63) is 5.82 Å². The van der Waals surface area contributed by atoms with Gasteiger partial charge in [-0.2, -0.15) is 18.2 Å². The zero-order chi connectivity index (χ0) is 14.3. The van der Waals surface area contributed by atoms with E-state index in [0.29, 0.717) is 13.0 Å². The third-order valence-electron chi connectivity index (χ3n) is 2.36. The number of halogens is 4. The number of H-pyrrole nitrogens is 1. The molecular weight excluding hydrogens is 299 g/mol. The number of unbranched alkanes of at least 4 members (excludes halogenated alkanes) is 3. The monoisotopic (exact) mass is 315 g/mol. The standard InChI is InChI=1S/C10H16F3N5O.ClH/c11-10(12,13)8-16-9(18-17-8)15-7(19)5-3-1-2-4-6-14;/h1-6,14H2,(H2,15,16,17,18,19);1H. The predicted octanol–water partition coefficient (Wildman–Crippen LogP) is 2.09. The van der Waals surface area contributed by atoms with E-state index in [2.05, 4.69) is 15.4 Å². The summed E-state index contributed by atoms with van der Waals surface area (Å²) in [4.78, 5) is 14.5. The molecule has 1 rings (SSSR count). The molecule has 10 heteroatoms. The van der Waals surface area contributed by atoms with Crippen molar-refractivity contribution >= 4 is 24.3 Å². The molecule has 0 aromatic carbocycles. The Labute approximate surface area is 120 Å². The number of aromatic amines is 1. The zero-order valence-corrected chi connectivity index (χ0v) is 11.5. The van der Waals surface area contributed by atoms with Crippen molar-refractivity contribution in [2.45, 2.75) is 38.3 Å². The minimum atomic E-state index is -4.60. The van der Waals surface area contributed by atoms with E-state index < -0.39 is 17.9 Å². The zero-order valence-electron chi connectivity index (χ0n) is 10.7. The van der Waals surface area contributed by atoms with Crippen LogP contribution in [-0.2, 0) is 11.0 Å². The van der Waals surface area contributed by atoms with Crippen LogP contribution < -0.4 is 11.1 Å². The second-order valence-electron chi connectivity index (χ2n) is 4.01. The lowest BCUT2D eigenvalue weighted by Crippen LogP contribution is -2.13. The summed E-state index contributed by atoms with van der Waals surface area (Å²) in [7, 11) is 0. The molecule has 0 radical (unpaired) electrons. The van der Waals surface area contributed by atoms with E-state index in [4.69, 9.17) is 5.73 Å². The normalized spacial score (nSPS) is 11.0. The molecule has 0 aliphatic carbocycles. The van der Waals surface area contributed by atoms with E-state index in [1.54, 1.807) is 5.10 Å². The van der Waals surface area contributed by atoms with Crippen LogP contribution in [0.5, 0.6) is 0 Å². The summed E-state index contributed by atoms with van der Waals surface area (Å²) in [6.45, 7) is 0.615. The van der Waals surface area contributed by atoms with Crippen LogP contribution in [0, 0.1) is 0 Å².